The Morgan fingerprint density at radius 2 is 1.55 bits per heavy atom. The summed E-state index contributed by atoms with van der Waals surface area (Å²) in [6.45, 7) is 3.90. The van der Waals surface area contributed by atoms with E-state index in [0.717, 1.165) is 21.6 Å². The van der Waals surface area contributed by atoms with E-state index in [2.05, 4.69) is 16.0 Å². The number of thioether (sulfide) groups is 1. The molecule has 10 heteroatoms. The molecule has 49 heavy (non-hydrogen) atoms. The molecule has 5 rings (SSSR count). The van der Waals surface area contributed by atoms with Crippen LogP contribution in [0.3, 0.4) is 0 Å². The van der Waals surface area contributed by atoms with E-state index in [-0.39, 0.29) is 11.6 Å². The fraction of sp³-hybridized carbons (Fsp3) is 0.128. The average molecular weight is 690 g/mol. The van der Waals surface area contributed by atoms with E-state index in [0.29, 0.717) is 33.8 Å². The van der Waals surface area contributed by atoms with Crippen molar-refractivity contribution in [2.24, 2.45) is 0 Å². The summed E-state index contributed by atoms with van der Waals surface area (Å²) in [7, 11) is 1.32. The molecule has 0 bridgehead atoms. The van der Waals surface area contributed by atoms with Gasteiger partial charge >= 0.3 is 5.97 Å². The predicted octanol–water partition coefficient (Wildman–Crippen LogP) is 8.43. The summed E-state index contributed by atoms with van der Waals surface area (Å²) in [5.74, 6) is -1.71. The van der Waals surface area contributed by atoms with Crippen LogP contribution in [0.5, 0.6) is 0 Å². The highest BCUT2D eigenvalue weighted by atomic mass is 32.2. The third-order valence-electron chi connectivity index (χ3n) is 7.45. The summed E-state index contributed by atoms with van der Waals surface area (Å²) in [5.41, 5.74) is 4.68. The van der Waals surface area contributed by atoms with Crippen LogP contribution in [0, 0.1) is 6.92 Å². The fourth-order valence-corrected chi connectivity index (χ4v) is 6.86. The molecule has 8 nitrogen and oxygen atoms in total. The van der Waals surface area contributed by atoms with Crippen LogP contribution < -0.4 is 16.0 Å². The number of ether oxygens (including phenoxy) is 1. The molecule has 0 radical (unpaired) electrons. The number of methoxy groups -OCH3 is 1. The third kappa shape index (κ3) is 9.13. The Balaban J connectivity index is 1.31. The molecule has 0 spiro atoms. The van der Waals surface area contributed by atoms with E-state index in [1.54, 1.807) is 48.5 Å². The third-order valence-corrected chi connectivity index (χ3v) is 9.71. The Morgan fingerprint density at radius 1 is 0.857 bits per heavy atom. The first-order valence-electron chi connectivity index (χ1n) is 15.5. The molecular formula is C39H35N3O5S2. The van der Waals surface area contributed by atoms with Crippen molar-refractivity contribution in [1.82, 2.24) is 5.32 Å². The number of rotatable bonds is 12. The molecule has 1 aromatic heterocycles. The first kappa shape index (κ1) is 34.9. The molecule has 0 aliphatic rings. The van der Waals surface area contributed by atoms with Crippen molar-refractivity contribution in [2.75, 3.05) is 17.7 Å². The lowest BCUT2D eigenvalue weighted by Crippen LogP contribution is -2.30. The van der Waals surface area contributed by atoms with E-state index >= 15 is 0 Å². The van der Waals surface area contributed by atoms with Gasteiger partial charge in [-0.15, -0.1) is 23.1 Å². The van der Waals surface area contributed by atoms with Crippen LogP contribution >= 0.6 is 23.1 Å². The van der Waals surface area contributed by atoms with Crippen LogP contribution in [-0.2, 0) is 14.3 Å². The highest BCUT2D eigenvalue weighted by molar-refractivity contribution is 8.00. The highest BCUT2D eigenvalue weighted by Crippen LogP contribution is 2.37. The Morgan fingerprint density at radius 3 is 2.22 bits per heavy atom. The lowest BCUT2D eigenvalue weighted by molar-refractivity contribution is -0.116. The number of hydrogen-bond acceptors (Lipinski definition) is 7. The Bertz CT molecular complexity index is 1970. The number of esters is 1. The van der Waals surface area contributed by atoms with Crippen molar-refractivity contribution in [1.29, 1.82) is 0 Å². The summed E-state index contributed by atoms with van der Waals surface area (Å²) < 4.78 is 5.07. The number of carbonyl (C=O) groups is 4. The minimum atomic E-state index is -0.531. The molecule has 1 unspecified atom stereocenters. The van der Waals surface area contributed by atoms with E-state index in [1.165, 1.54) is 30.2 Å². The fourth-order valence-electron chi connectivity index (χ4n) is 4.88. The Kier molecular flexibility index (Phi) is 11.8. The maximum atomic E-state index is 13.6. The van der Waals surface area contributed by atoms with E-state index in [9.17, 15) is 19.2 Å². The van der Waals surface area contributed by atoms with Crippen molar-refractivity contribution < 1.29 is 23.9 Å². The molecule has 0 aliphatic carbocycles. The summed E-state index contributed by atoms with van der Waals surface area (Å²) in [5, 5.41) is 10.3. The Labute approximate surface area is 293 Å². The molecule has 1 atom stereocenters. The van der Waals surface area contributed by atoms with Crippen molar-refractivity contribution in [3.63, 3.8) is 0 Å². The second kappa shape index (κ2) is 16.6. The first-order valence-corrected chi connectivity index (χ1v) is 17.3. The quantitative estimate of drug-likeness (QED) is 0.0689. The van der Waals surface area contributed by atoms with E-state index in [1.807, 2.05) is 86.0 Å². The zero-order valence-electron chi connectivity index (χ0n) is 27.2. The van der Waals surface area contributed by atoms with Gasteiger partial charge in [-0.25, -0.2) is 4.79 Å². The van der Waals surface area contributed by atoms with Gasteiger partial charge < -0.3 is 20.7 Å². The van der Waals surface area contributed by atoms with Crippen molar-refractivity contribution >= 4 is 63.6 Å². The van der Waals surface area contributed by atoms with Gasteiger partial charge in [0.25, 0.3) is 11.8 Å². The van der Waals surface area contributed by atoms with Crippen LogP contribution in [0.15, 0.2) is 125 Å². The van der Waals surface area contributed by atoms with E-state index in [4.69, 9.17) is 4.74 Å². The number of thiophene rings is 1. The number of anilines is 2. The number of carbonyl (C=O) groups excluding carboxylic acids is 4. The number of amides is 3. The second-order valence-electron chi connectivity index (χ2n) is 11.0. The van der Waals surface area contributed by atoms with Gasteiger partial charge in [-0.3, -0.25) is 14.4 Å². The van der Waals surface area contributed by atoms with Gasteiger partial charge in [-0.1, -0.05) is 91.3 Å². The lowest BCUT2D eigenvalue weighted by atomic mass is 10.0. The smallest absolute Gasteiger partial charge is 0.341 e. The minimum Gasteiger partial charge on any atom is -0.465 e. The van der Waals surface area contributed by atoms with Crippen LogP contribution in [0.25, 0.3) is 17.2 Å². The molecular weight excluding hydrogens is 655 g/mol. The zero-order valence-corrected chi connectivity index (χ0v) is 28.8. The average Bonchev–Trinajstić information content (AvgIpc) is 3.54. The summed E-state index contributed by atoms with van der Waals surface area (Å²) in [6, 6.07) is 32.9. The standard InChI is InChI=1S/C39H35N3O5S2/c1-4-33(37(45)42-38-34(39(46)47-3)31(24-48-38)27-20-18-25(2)19-21-27)49-30-17-11-16-29(23-30)40-36(44)32(22-26-12-7-5-8-13-26)41-35(43)28-14-9-6-10-15-28/h5-24,33H,4H2,1-3H3,(H,40,44)(H,41,43)(H,42,45)/b32-22-. The number of benzene rings is 4. The van der Waals surface area contributed by atoms with Crippen LogP contribution in [0.2, 0.25) is 0 Å². The molecule has 0 aliphatic heterocycles. The molecule has 3 amide bonds. The second-order valence-corrected chi connectivity index (χ2v) is 13.1. The van der Waals surface area contributed by atoms with Crippen molar-refractivity contribution in [3.8, 4) is 11.1 Å². The summed E-state index contributed by atoms with van der Waals surface area (Å²) in [6.07, 6.45) is 2.12. The zero-order chi connectivity index (χ0) is 34.8. The van der Waals surface area contributed by atoms with Gasteiger partial charge in [0, 0.05) is 27.1 Å². The van der Waals surface area contributed by atoms with Crippen molar-refractivity contribution in [2.45, 2.75) is 30.4 Å². The summed E-state index contributed by atoms with van der Waals surface area (Å²) in [4.78, 5) is 53.6. The van der Waals surface area contributed by atoms with Gasteiger partial charge in [0.1, 0.15) is 16.3 Å². The van der Waals surface area contributed by atoms with Crippen LogP contribution in [-0.4, -0.2) is 36.1 Å². The summed E-state index contributed by atoms with van der Waals surface area (Å²) >= 11 is 2.61. The molecule has 0 saturated heterocycles. The molecule has 0 fully saturated rings. The maximum Gasteiger partial charge on any atom is 0.341 e. The molecule has 1 heterocycles. The van der Waals surface area contributed by atoms with Gasteiger partial charge in [0.2, 0.25) is 5.91 Å². The van der Waals surface area contributed by atoms with Gasteiger partial charge in [0.05, 0.1) is 12.4 Å². The normalized spacial score (nSPS) is 11.7. The highest BCUT2D eigenvalue weighted by Gasteiger charge is 2.25. The Hall–Kier alpha value is -5.45. The van der Waals surface area contributed by atoms with Crippen LogP contribution in [0.4, 0.5) is 10.7 Å². The van der Waals surface area contributed by atoms with Gasteiger partial charge in [-0.05, 0) is 60.9 Å². The first-order chi connectivity index (χ1) is 23.7. The predicted molar refractivity (Wildman–Crippen MR) is 198 cm³/mol. The van der Waals surface area contributed by atoms with E-state index < -0.39 is 23.0 Å². The minimum absolute atomic E-state index is 0.0753. The number of nitrogens with one attached hydrogen (secondary N) is 3. The number of aryl methyl sites for hydroxylation is 1. The molecule has 3 N–H and O–H groups in total. The maximum absolute atomic E-state index is 13.6. The lowest BCUT2D eigenvalue weighted by Gasteiger charge is -2.16. The number of hydrogen-bond donors (Lipinski definition) is 3. The van der Waals surface area contributed by atoms with Gasteiger partial charge in [-0.2, -0.15) is 0 Å². The largest absolute Gasteiger partial charge is 0.465 e. The van der Waals surface area contributed by atoms with Crippen molar-refractivity contribution in [3.05, 3.63) is 143 Å². The molecule has 0 saturated carbocycles. The molecule has 248 valence electrons. The van der Waals surface area contributed by atoms with Gasteiger partial charge in [0.15, 0.2) is 0 Å². The SMILES string of the molecule is CCC(Sc1cccc(NC(=O)/C(=C/c2ccccc2)NC(=O)c2ccccc2)c1)C(=O)Nc1scc(-c2ccc(C)cc2)c1C(=O)OC. The topological polar surface area (TPSA) is 114 Å². The molecule has 4 aromatic carbocycles. The molecule has 5 aromatic rings. The monoisotopic (exact) mass is 689 g/mol. The van der Waals surface area contributed by atoms with Crippen LogP contribution in [0.1, 0.15) is 45.2 Å².